The molecular formula is C18H23N8O17P3. The van der Waals surface area contributed by atoms with E-state index < -0.39 is 75.8 Å². The van der Waals surface area contributed by atoms with E-state index in [1.165, 1.54) is 10.6 Å². The van der Waals surface area contributed by atoms with Crippen LogP contribution in [-0.2, 0) is 31.6 Å². The van der Waals surface area contributed by atoms with E-state index in [9.17, 15) is 53.9 Å². The topological polar surface area (TPSA) is 363 Å². The molecule has 0 amide bonds. The normalized spacial score (nSPS) is 22.7. The molecule has 25 nitrogen and oxygen atoms in total. The first kappa shape index (κ1) is 35.3. The Hall–Kier alpha value is -3.54. The van der Waals surface area contributed by atoms with Crippen LogP contribution < -0.4 is 10.6 Å². The van der Waals surface area contributed by atoms with Crippen LogP contribution in [0, 0.1) is 20.2 Å². The van der Waals surface area contributed by atoms with Crippen molar-refractivity contribution in [1.82, 2.24) is 19.5 Å². The molecule has 1 saturated heterocycles. The van der Waals surface area contributed by atoms with Crippen molar-refractivity contribution < 1.29 is 71.2 Å². The summed E-state index contributed by atoms with van der Waals surface area (Å²) in [7, 11) is -16.9. The number of nitro benzene ring substituents is 2. The fraction of sp³-hybridized carbons (Fsp3) is 0.389. The quantitative estimate of drug-likeness (QED) is 0.0448. The lowest BCUT2D eigenvalue weighted by Gasteiger charge is -2.19. The van der Waals surface area contributed by atoms with Gasteiger partial charge in [-0.05, 0) is 6.07 Å². The number of anilines is 2. The van der Waals surface area contributed by atoms with Crippen LogP contribution in [0.3, 0.4) is 0 Å². The number of hydrogen-bond acceptors (Lipinski definition) is 18. The minimum atomic E-state index is -5.79. The highest BCUT2D eigenvalue weighted by molar-refractivity contribution is 7.66. The van der Waals surface area contributed by atoms with Crippen molar-refractivity contribution >= 4 is 57.5 Å². The maximum Gasteiger partial charge on any atom is 0.490 e. The molecule has 46 heavy (non-hydrogen) atoms. The molecule has 252 valence electrons. The fourth-order valence-corrected chi connectivity index (χ4v) is 7.08. The molecular weight excluding hydrogens is 693 g/mol. The first-order chi connectivity index (χ1) is 21.4. The highest BCUT2D eigenvalue weighted by atomic mass is 31.3. The van der Waals surface area contributed by atoms with Crippen molar-refractivity contribution in [2.24, 2.45) is 0 Å². The molecule has 1 aliphatic heterocycles. The predicted octanol–water partition coefficient (Wildman–Crippen LogP) is 0.129. The Morgan fingerprint density at radius 3 is 2.28 bits per heavy atom. The Balaban J connectivity index is 1.39. The average Bonchev–Trinajstić information content (AvgIpc) is 3.48. The third kappa shape index (κ3) is 8.63. The summed E-state index contributed by atoms with van der Waals surface area (Å²) >= 11 is 0. The van der Waals surface area contributed by atoms with Crippen molar-refractivity contribution in [1.29, 1.82) is 0 Å². The van der Waals surface area contributed by atoms with Crippen LogP contribution in [0.5, 0.6) is 0 Å². The summed E-state index contributed by atoms with van der Waals surface area (Å²) in [5.74, 6) is 0.168. The minimum Gasteiger partial charge on any atom is -0.387 e. The summed E-state index contributed by atoms with van der Waals surface area (Å²) in [6.07, 6.45) is -4.18. The first-order valence-corrected chi connectivity index (χ1v) is 16.8. The van der Waals surface area contributed by atoms with Crippen molar-refractivity contribution in [3.63, 3.8) is 0 Å². The molecule has 0 radical (unpaired) electrons. The second kappa shape index (κ2) is 13.7. The lowest BCUT2D eigenvalue weighted by atomic mass is 10.1. The average molecular weight is 716 g/mol. The lowest BCUT2D eigenvalue weighted by Crippen LogP contribution is -2.33. The summed E-state index contributed by atoms with van der Waals surface area (Å²) in [5.41, 5.74) is -0.714. The number of ether oxygens (including phenoxy) is 1. The van der Waals surface area contributed by atoms with Gasteiger partial charge < -0.3 is 45.2 Å². The van der Waals surface area contributed by atoms with Crippen molar-refractivity contribution in [2.45, 2.75) is 24.5 Å². The number of hydrogen-bond donors (Lipinski definition) is 8. The highest BCUT2D eigenvalue weighted by Crippen LogP contribution is 2.66. The molecule has 3 heterocycles. The van der Waals surface area contributed by atoms with Crippen LogP contribution in [0.15, 0.2) is 30.9 Å². The second-order valence-electron chi connectivity index (χ2n) is 9.05. The number of non-ortho nitro benzene ring substituents is 1. The van der Waals surface area contributed by atoms with E-state index in [0.29, 0.717) is 0 Å². The number of rotatable bonds is 15. The number of benzene rings is 1. The van der Waals surface area contributed by atoms with E-state index >= 15 is 0 Å². The Morgan fingerprint density at radius 2 is 1.63 bits per heavy atom. The van der Waals surface area contributed by atoms with E-state index in [4.69, 9.17) is 14.5 Å². The number of nitrogens with zero attached hydrogens (tertiary/aromatic N) is 6. The first-order valence-electron chi connectivity index (χ1n) is 12.3. The van der Waals surface area contributed by atoms with Crippen LogP contribution in [0.2, 0.25) is 0 Å². The number of aromatic nitrogens is 4. The number of imidazole rings is 1. The van der Waals surface area contributed by atoms with Crippen LogP contribution >= 0.6 is 23.5 Å². The maximum atomic E-state index is 12.0. The zero-order valence-electron chi connectivity index (χ0n) is 22.5. The monoisotopic (exact) mass is 716 g/mol. The lowest BCUT2D eigenvalue weighted by molar-refractivity contribution is -0.393. The third-order valence-corrected chi connectivity index (χ3v) is 9.71. The van der Waals surface area contributed by atoms with Gasteiger partial charge in [-0.1, -0.05) is 0 Å². The number of nitrogens with one attached hydrogen (secondary N) is 2. The Bertz CT molecular complexity index is 1770. The SMILES string of the molecule is O=[N+]([O-])c1ccc(NCCNc2ncnc3c2ncn3[C@@H]2O[C@H](COP(=O)(O)OP(=O)(O)OP(=O)(O)O)[C@@H](O)[C@H]2O)c([N+](=O)[O-])c1. The molecule has 6 atom stereocenters. The maximum absolute atomic E-state index is 12.0. The molecule has 0 spiro atoms. The minimum absolute atomic E-state index is 0.0305. The highest BCUT2D eigenvalue weighted by Gasteiger charge is 2.47. The van der Waals surface area contributed by atoms with E-state index in [1.807, 2.05) is 0 Å². The molecule has 8 N–H and O–H groups in total. The van der Waals surface area contributed by atoms with Gasteiger partial charge >= 0.3 is 23.5 Å². The van der Waals surface area contributed by atoms with Gasteiger partial charge in [0, 0.05) is 19.2 Å². The van der Waals surface area contributed by atoms with Gasteiger partial charge in [-0.2, -0.15) is 8.62 Å². The summed E-state index contributed by atoms with van der Waals surface area (Å²) in [6, 6.07) is 3.11. The van der Waals surface area contributed by atoms with Gasteiger partial charge in [0.25, 0.3) is 11.4 Å². The third-order valence-electron chi connectivity index (χ3n) is 5.91. The summed E-state index contributed by atoms with van der Waals surface area (Å²) in [4.78, 5) is 69.1. The Labute approximate surface area is 254 Å². The zero-order chi connectivity index (χ0) is 34.0. The smallest absolute Gasteiger partial charge is 0.387 e. The summed E-state index contributed by atoms with van der Waals surface area (Å²) in [6.45, 7) is -0.845. The zero-order valence-corrected chi connectivity index (χ0v) is 25.2. The molecule has 2 aromatic heterocycles. The number of phosphoric ester groups is 1. The number of fused-ring (bicyclic) bond motifs is 1. The van der Waals surface area contributed by atoms with Gasteiger partial charge in [0.2, 0.25) is 0 Å². The largest absolute Gasteiger partial charge is 0.490 e. The molecule has 28 heteroatoms. The van der Waals surface area contributed by atoms with Crippen molar-refractivity contribution in [3.05, 3.63) is 51.1 Å². The summed E-state index contributed by atoms with van der Waals surface area (Å²) in [5, 5.41) is 48.9. The van der Waals surface area contributed by atoms with Crippen LogP contribution in [0.25, 0.3) is 11.2 Å². The molecule has 0 saturated carbocycles. The second-order valence-corrected chi connectivity index (χ2v) is 13.5. The molecule has 4 rings (SSSR count). The molecule has 1 aromatic carbocycles. The Morgan fingerprint density at radius 1 is 0.935 bits per heavy atom. The predicted molar refractivity (Wildman–Crippen MR) is 148 cm³/mol. The molecule has 2 unspecified atom stereocenters. The number of aliphatic hydroxyl groups excluding tert-OH is 2. The van der Waals surface area contributed by atoms with Gasteiger partial charge in [0.15, 0.2) is 23.2 Å². The van der Waals surface area contributed by atoms with Crippen molar-refractivity contribution in [2.75, 3.05) is 30.3 Å². The van der Waals surface area contributed by atoms with Crippen molar-refractivity contribution in [3.8, 4) is 0 Å². The van der Waals surface area contributed by atoms with E-state index in [-0.39, 0.29) is 35.8 Å². The molecule has 0 bridgehead atoms. The van der Waals surface area contributed by atoms with E-state index in [2.05, 4.69) is 38.7 Å². The number of aliphatic hydroxyl groups is 2. The van der Waals surface area contributed by atoms with Gasteiger partial charge in [-0.25, -0.2) is 28.6 Å². The van der Waals surface area contributed by atoms with Crippen LogP contribution in [0.1, 0.15) is 6.23 Å². The molecule has 3 aromatic rings. The number of phosphoric acid groups is 3. The Kier molecular flexibility index (Phi) is 10.5. The molecule has 1 aliphatic rings. The van der Waals surface area contributed by atoms with Gasteiger partial charge in [-0.3, -0.25) is 29.3 Å². The standard InChI is InChI=1S/C18H23N8O17P3/c27-14-12(6-40-45(36,37)43-46(38,39)42-44(33,34)35)41-18(15(14)28)24-8-23-13-16(21-7-22-17(13)24)20-4-3-19-10-2-1-9(25(29)30)5-11(10)26(31)32/h1-2,5,7-8,12,14-15,18-19,27-28H,3-4,6H2,(H,36,37)(H,38,39)(H,20,21,22)(H2,33,34,35)/t12-,14-,15-,18-/m1/s1. The van der Waals surface area contributed by atoms with E-state index in [0.717, 1.165) is 24.8 Å². The van der Waals surface area contributed by atoms with Gasteiger partial charge in [0.05, 0.1) is 28.8 Å². The molecule has 0 aliphatic carbocycles. The van der Waals surface area contributed by atoms with Crippen LogP contribution in [0.4, 0.5) is 22.9 Å². The van der Waals surface area contributed by atoms with Gasteiger partial charge in [-0.15, -0.1) is 0 Å². The van der Waals surface area contributed by atoms with Crippen LogP contribution in [-0.4, -0.2) is 97.2 Å². The number of nitro groups is 2. The fourth-order valence-electron chi connectivity index (χ4n) is 4.05. The summed E-state index contributed by atoms with van der Waals surface area (Å²) < 4.78 is 52.6. The molecule has 1 fully saturated rings. The van der Waals surface area contributed by atoms with E-state index in [1.54, 1.807) is 0 Å². The van der Waals surface area contributed by atoms with Gasteiger partial charge in [0.1, 0.15) is 30.3 Å².